The summed E-state index contributed by atoms with van der Waals surface area (Å²) in [6.07, 6.45) is 1.66. The molecule has 0 unspecified atom stereocenters. The van der Waals surface area contributed by atoms with Crippen molar-refractivity contribution in [3.8, 4) is 5.75 Å². The molecule has 1 N–H and O–H groups in total. The molecule has 0 amide bonds. The zero-order chi connectivity index (χ0) is 16.8. The highest BCUT2D eigenvalue weighted by Crippen LogP contribution is 2.26. The molecule has 0 saturated carbocycles. The Kier molecular flexibility index (Phi) is 5.77. The molecule has 0 fully saturated rings. The van der Waals surface area contributed by atoms with Crippen molar-refractivity contribution in [1.82, 2.24) is 10.2 Å². The van der Waals surface area contributed by atoms with E-state index in [0.29, 0.717) is 13.2 Å². The molecule has 0 saturated heterocycles. The summed E-state index contributed by atoms with van der Waals surface area (Å²) < 4.78 is 12.0. The summed E-state index contributed by atoms with van der Waals surface area (Å²) in [6.45, 7) is 5.41. The summed E-state index contributed by atoms with van der Waals surface area (Å²) in [7, 11) is 0. The van der Waals surface area contributed by atoms with Gasteiger partial charge < -0.3 is 14.5 Å². The molecule has 7 heteroatoms. The molecular weight excluding hydrogens is 342 g/mol. The Morgan fingerprint density at radius 3 is 2.79 bits per heavy atom. The van der Waals surface area contributed by atoms with Crippen molar-refractivity contribution in [2.75, 3.05) is 17.7 Å². The van der Waals surface area contributed by atoms with Gasteiger partial charge in [-0.25, -0.2) is 0 Å². The minimum atomic E-state index is 0.613. The van der Waals surface area contributed by atoms with Crippen LogP contribution in [0.4, 0.5) is 5.13 Å². The Bertz CT molecular complexity index is 752. The summed E-state index contributed by atoms with van der Waals surface area (Å²) in [6, 6.07) is 10.0. The van der Waals surface area contributed by atoms with E-state index in [4.69, 9.17) is 9.15 Å². The van der Waals surface area contributed by atoms with Gasteiger partial charge >= 0.3 is 0 Å². The molecule has 0 spiro atoms. The third-order valence-corrected chi connectivity index (χ3v) is 5.15. The predicted molar refractivity (Wildman–Crippen MR) is 98.1 cm³/mol. The van der Waals surface area contributed by atoms with Gasteiger partial charge in [0.2, 0.25) is 5.13 Å². The van der Waals surface area contributed by atoms with Gasteiger partial charge in [-0.2, -0.15) is 0 Å². The van der Waals surface area contributed by atoms with Gasteiger partial charge in [0.05, 0.1) is 19.4 Å². The van der Waals surface area contributed by atoms with E-state index in [9.17, 15) is 0 Å². The van der Waals surface area contributed by atoms with Crippen molar-refractivity contribution >= 4 is 28.2 Å². The Morgan fingerprint density at radius 2 is 2.04 bits per heavy atom. The fourth-order valence-corrected chi connectivity index (χ4v) is 3.86. The number of thioether (sulfide) groups is 1. The average molecular weight is 361 g/mol. The predicted octanol–water partition coefficient (Wildman–Crippen LogP) is 4.53. The van der Waals surface area contributed by atoms with Gasteiger partial charge in [-0.1, -0.05) is 29.2 Å². The Hall–Kier alpha value is -1.99. The molecule has 3 rings (SSSR count). The molecule has 24 heavy (non-hydrogen) atoms. The molecule has 0 aliphatic carbocycles. The van der Waals surface area contributed by atoms with E-state index in [1.807, 2.05) is 12.1 Å². The van der Waals surface area contributed by atoms with E-state index in [1.165, 1.54) is 22.5 Å². The van der Waals surface area contributed by atoms with Crippen molar-refractivity contribution in [3.05, 3.63) is 53.5 Å². The number of hydrogen-bond donors (Lipinski definition) is 1. The Balaban J connectivity index is 1.40. The van der Waals surface area contributed by atoms with E-state index in [2.05, 4.69) is 47.6 Å². The van der Waals surface area contributed by atoms with Gasteiger partial charge in [0, 0.05) is 5.75 Å². The fourth-order valence-electron chi connectivity index (χ4n) is 2.22. The van der Waals surface area contributed by atoms with Crippen LogP contribution in [0.3, 0.4) is 0 Å². The summed E-state index contributed by atoms with van der Waals surface area (Å²) in [4.78, 5) is 0. The zero-order valence-electron chi connectivity index (χ0n) is 13.6. The van der Waals surface area contributed by atoms with E-state index in [1.54, 1.807) is 18.0 Å². The molecule has 1 aromatic carbocycles. The van der Waals surface area contributed by atoms with Crippen LogP contribution in [-0.2, 0) is 6.54 Å². The number of furan rings is 1. The maximum Gasteiger partial charge on any atom is 0.206 e. The number of aryl methyl sites for hydroxylation is 2. The van der Waals surface area contributed by atoms with Gasteiger partial charge in [-0.05, 0) is 49.2 Å². The highest BCUT2D eigenvalue weighted by molar-refractivity contribution is 8.01. The lowest BCUT2D eigenvalue weighted by Crippen LogP contribution is -2.00. The van der Waals surface area contributed by atoms with Crippen LogP contribution in [0.15, 0.2) is 45.4 Å². The van der Waals surface area contributed by atoms with Crippen molar-refractivity contribution < 1.29 is 9.15 Å². The van der Waals surface area contributed by atoms with E-state index in [0.717, 1.165) is 26.7 Å². The number of nitrogens with zero attached hydrogens (tertiary/aromatic N) is 2. The van der Waals surface area contributed by atoms with Gasteiger partial charge in [0.15, 0.2) is 4.34 Å². The van der Waals surface area contributed by atoms with E-state index in [-0.39, 0.29) is 0 Å². The fraction of sp³-hybridized carbons (Fsp3) is 0.294. The molecule has 0 bridgehead atoms. The van der Waals surface area contributed by atoms with Crippen LogP contribution in [0.25, 0.3) is 0 Å². The summed E-state index contributed by atoms with van der Waals surface area (Å²) in [5.74, 6) is 2.63. The normalized spacial score (nSPS) is 10.8. The second-order valence-corrected chi connectivity index (χ2v) is 7.65. The van der Waals surface area contributed by atoms with Gasteiger partial charge in [0.1, 0.15) is 11.5 Å². The van der Waals surface area contributed by atoms with E-state index >= 15 is 0 Å². The maximum atomic E-state index is 5.80. The minimum Gasteiger partial charge on any atom is -0.493 e. The SMILES string of the molecule is Cc1cc(C)cc(OCCSc2nnc(NCc3ccco3)s2)c1. The van der Waals surface area contributed by atoms with Crippen molar-refractivity contribution in [2.45, 2.75) is 24.7 Å². The Morgan fingerprint density at radius 1 is 1.21 bits per heavy atom. The first kappa shape index (κ1) is 16.9. The van der Waals surface area contributed by atoms with E-state index < -0.39 is 0 Å². The molecular formula is C17H19N3O2S2. The third kappa shape index (κ3) is 5.01. The molecule has 2 heterocycles. The van der Waals surface area contributed by atoms with Gasteiger partial charge in [0.25, 0.3) is 0 Å². The van der Waals surface area contributed by atoms with Crippen molar-refractivity contribution in [3.63, 3.8) is 0 Å². The first-order chi connectivity index (χ1) is 11.7. The Labute approximate surface area is 149 Å². The second-order valence-electron chi connectivity index (χ2n) is 5.33. The first-order valence-electron chi connectivity index (χ1n) is 7.63. The monoisotopic (exact) mass is 361 g/mol. The van der Waals surface area contributed by atoms with Crippen LogP contribution in [0.1, 0.15) is 16.9 Å². The zero-order valence-corrected chi connectivity index (χ0v) is 15.2. The highest BCUT2D eigenvalue weighted by atomic mass is 32.2. The van der Waals surface area contributed by atoms with Gasteiger partial charge in [-0.15, -0.1) is 10.2 Å². The van der Waals surface area contributed by atoms with Crippen LogP contribution in [-0.4, -0.2) is 22.6 Å². The number of aromatic nitrogens is 2. The molecule has 126 valence electrons. The lowest BCUT2D eigenvalue weighted by Gasteiger charge is -2.07. The highest BCUT2D eigenvalue weighted by Gasteiger charge is 2.05. The number of rotatable bonds is 8. The smallest absolute Gasteiger partial charge is 0.206 e. The molecule has 0 aliphatic heterocycles. The lowest BCUT2D eigenvalue weighted by molar-refractivity contribution is 0.343. The van der Waals surface area contributed by atoms with Crippen LogP contribution in [0.2, 0.25) is 0 Å². The second kappa shape index (κ2) is 8.21. The standard InChI is InChI=1S/C17H19N3O2S2/c1-12-8-13(2)10-15(9-12)22-6-7-23-17-20-19-16(24-17)18-11-14-4-3-5-21-14/h3-5,8-10H,6-7,11H2,1-2H3,(H,18,19). The molecule has 0 radical (unpaired) electrons. The maximum absolute atomic E-state index is 5.80. The third-order valence-electron chi connectivity index (χ3n) is 3.17. The first-order valence-corrected chi connectivity index (χ1v) is 9.43. The van der Waals surface area contributed by atoms with Gasteiger partial charge in [-0.3, -0.25) is 0 Å². The summed E-state index contributed by atoms with van der Waals surface area (Å²) in [5, 5.41) is 12.3. The molecule has 5 nitrogen and oxygen atoms in total. The number of hydrogen-bond acceptors (Lipinski definition) is 7. The number of nitrogens with one attached hydrogen (secondary N) is 1. The summed E-state index contributed by atoms with van der Waals surface area (Å²) >= 11 is 3.19. The minimum absolute atomic E-state index is 0.613. The van der Waals surface area contributed by atoms with Crippen molar-refractivity contribution in [1.29, 1.82) is 0 Å². The van der Waals surface area contributed by atoms with Crippen LogP contribution in [0.5, 0.6) is 5.75 Å². The van der Waals surface area contributed by atoms with Crippen LogP contribution < -0.4 is 10.1 Å². The number of ether oxygens (including phenoxy) is 1. The lowest BCUT2D eigenvalue weighted by atomic mass is 10.1. The molecule has 0 atom stereocenters. The largest absolute Gasteiger partial charge is 0.493 e. The van der Waals surface area contributed by atoms with Crippen molar-refractivity contribution in [2.24, 2.45) is 0 Å². The topological polar surface area (TPSA) is 60.2 Å². The summed E-state index contributed by atoms with van der Waals surface area (Å²) in [5.41, 5.74) is 2.43. The number of benzene rings is 1. The van der Waals surface area contributed by atoms with Crippen LogP contribution in [0, 0.1) is 13.8 Å². The molecule has 0 aliphatic rings. The quantitative estimate of drug-likeness (QED) is 0.470. The number of anilines is 1. The molecule has 3 aromatic rings. The molecule has 2 aromatic heterocycles. The average Bonchev–Trinajstić information content (AvgIpc) is 3.20. The van der Waals surface area contributed by atoms with Crippen LogP contribution >= 0.6 is 23.1 Å².